The molecule has 1 amide bonds. The number of benzene rings is 2. The largest absolute Gasteiger partial charge is 0.507 e. The molecule has 1 unspecified atom stereocenters. The van der Waals surface area contributed by atoms with Gasteiger partial charge in [0, 0.05) is 18.1 Å². The molecule has 1 aliphatic heterocycles. The lowest BCUT2D eigenvalue weighted by Gasteiger charge is -2.26. The van der Waals surface area contributed by atoms with E-state index in [9.17, 15) is 24.2 Å². The highest BCUT2D eigenvalue weighted by molar-refractivity contribution is 6.46. The van der Waals surface area contributed by atoms with Crippen molar-refractivity contribution in [3.8, 4) is 5.75 Å². The fraction of sp³-hybridized carbons (Fsp3) is 0.238. The summed E-state index contributed by atoms with van der Waals surface area (Å²) in [5.74, 6) is -2.94. The van der Waals surface area contributed by atoms with Crippen LogP contribution in [-0.2, 0) is 9.59 Å². The van der Waals surface area contributed by atoms with Crippen molar-refractivity contribution in [2.75, 3.05) is 27.2 Å². The SMILES string of the molecule is CN(C)CCN1C(=O)C(=O)/C(=C(/O)c2cc(Cl)ccc2O)C1c1ccc(F)cc1. The van der Waals surface area contributed by atoms with Gasteiger partial charge in [-0.1, -0.05) is 23.7 Å². The summed E-state index contributed by atoms with van der Waals surface area (Å²) in [6, 6.07) is 8.46. The van der Waals surface area contributed by atoms with E-state index in [0.717, 1.165) is 0 Å². The molecule has 152 valence electrons. The number of carbonyl (C=O) groups excluding carboxylic acids is 2. The van der Waals surface area contributed by atoms with E-state index in [1.807, 2.05) is 19.0 Å². The van der Waals surface area contributed by atoms with Crippen LogP contribution in [0.4, 0.5) is 4.39 Å². The summed E-state index contributed by atoms with van der Waals surface area (Å²) in [5, 5.41) is 21.2. The van der Waals surface area contributed by atoms with Gasteiger partial charge in [0.2, 0.25) is 0 Å². The number of hydrogen-bond donors (Lipinski definition) is 2. The third kappa shape index (κ3) is 4.11. The Balaban J connectivity index is 2.19. The van der Waals surface area contributed by atoms with E-state index in [0.29, 0.717) is 12.1 Å². The van der Waals surface area contributed by atoms with Crippen LogP contribution in [0, 0.1) is 5.82 Å². The van der Waals surface area contributed by atoms with Gasteiger partial charge in [-0.3, -0.25) is 9.59 Å². The molecule has 8 heteroatoms. The van der Waals surface area contributed by atoms with Crippen molar-refractivity contribution in [3.05, 3.63) is 70.0 Å². The number of ketones is 1. The molecule has 1 saturated heterocycles. The van der Waals surface area contributed by atoms with E-state index in [1.165, 1.54) is 47.4 Å². The number of halogens is 2. The molecule has 0 aliphatic carbocycles. The number of hydrogen-bond acceptors (Lipinski definition) is 5. The first-order valence-corrected chi connectivity index (χ1v) is 9.26. The van der Waals surface area contributed by atoms with Gasteiger partial charge in [0.1, 0.15) is 17.3 Å². The molecule has 1 fully saturated rings. The Morgan fingerprint density at radius 1 is 1.17 bits per heavy atom. The maximum Gasteiger partial charge on any atom is 0.295 e. The molecule has 0 bridgehead atoms. The molecule has 3 rings (SSSR count). The second-order valence-electron chi connectivity index (χ2n) is 7.01. The van der Waals surface area contributed by atoms with Gasteiger partial charge in [-0.15, -0.1) is 0 Å². The molecule has 1 atom stereocenters. The van der Waals surface area contributed by atoms with E-state index in [2.05, 4.69) is 0 Å². The summed E-state index contributed by atoms with van der Waals surface area (Å²) in [6.45, 7) is 0.700. The van der Waals surface area contributed by atoms with E-state index < -0.39 is 29.3 Å². The van der Waals surface area contributed by atoms with Gasteiger partial charge in [-0.2, -0.15) is 0 Å². The lowest BCUT2D eigenvalue weighted by Crippen LogP contribution is -2.35. The highest BCUT2D eigenvalue weighted by atomic mass is 35.5. The van der Waals surface area contributed by atoms with Gasteiger partial charge in [0.25, 0.3) is 11.7 Å². The van der Waals surface area contributed by atoms with Gasteiger partial charge >= 0.3 is 0 Å². The van der Waals surface area contributed by atoms with Crippen molar-refractivity contribution in [1.82, 2.24) is 9.80 Å². The number of nitrogens with zero attached hydrogens (tertiary/aromatic N) is 2. The molecular formula is C21H20ClFN2O4. The van der Waals surface area contributed by atoms with Crippen LogP contribution >= 0.6 is 11.6 Å². The number of aliphatic hydroxyl groups excluding tert-OH is 1. The monoisotopic (exact) mass is 418 g/mol. The zero-order chi connectivity index (χ0) is 21.3. The summed E-state index contributed by atoms with van der Waals surface area (Å²) in [5.41, 5.74) is 0.223. The van der Waals surface area contributed by atoms with Crippen LogP contribution < -0.4 is 0 Å². The smallest absolute Gasteiger partial charge is 0.295 e. The van der Waals surface area contributed by atoms with Crippen LogP contribution in [0.15, 0.2) is 48.0 Å². The number of carbonyl (C=O) groups is 2. The summed E-state index contributed by atoms with van der Waals surface area (Å²) in [6.07, 6.45) is 0. The molecule has 29 heavy (non-hydrogen) atoms. The number of aliphatic hydroxyl groups is 1. The van der Waals surface area contributed by atoms with Gasteiger partial charge in [0.15, 0.2) is 0 Å². The number of phenols is 1. The lowest BCUT2D eigenvalue weighted by molar-refractivity contribution is -0.140. The molecule has 0 saturated carbocycles. The van der Waals surface area contributed by atoms with Crippen molar-refractivity contribution in [2.45, 2.75) is 6.04 Å². The summed E-state index contributed by atoms with van der Waals surface area (Å²) >= 11 is 5.96. The summed E-state index contributed by atoms with van der Waals surface area (Å²) < 4.78 is 13.4. The summed E-state index contributed by atoms with van der Waals surface area (Å²) in [4.78, 5) is 28.7. The summed E-state index contributed by atoms with van der Waals surface area (Å²) in [7, 11) is 3.65. The Morgan fingerprint density at radius 3 is 2.45 bits per heavy atom. The highest BCUT2D eigenvalue weighted by Gasteiger charge is 2.46. The fourth-order valence-electron chi connectivity index (χ4n) is 3.25. The Morgan fingerprint density at radius 2 is 1.83 bits per heavy atom. The van der Waals surface area contributed by atoms with Crippen molar-refractivity contribution in [1.29, 1.82) is 0 Å². The minimum Gasteiger partial charge on any atom is -0.507 e. The number of aromatic hydroxyl groups is 1. The molecule has 0 radical (unpaired) electrons. The second kappa shape index (κ2) is 8.23. The Labute approximate surface area is 172 Å². The maximum absolute atomic E-state index is 13.4. The van der Waals surface area contributed by atoms with E-state index in [1.54, 1.807) is 0 Å². The Bertz CT molecular complexity index is 989. The topological polar surface area (TPSA) is 81.1 Å². The number of amides is 1. The number of phenolic OH excluding ortho intramolecular Hbond substituents is 1. The van der Waals surface area contributed by atoms with Crippen LogP contribution in [-0.4, -0.2) is 58.9 Å². The normalized spacial score (nSPS) is 18.7. The minimum absolute atomic E-state index is 0.0600. The first-order chi connectivity index (χ1) is 13.7. The highest BCUT2D eigenvalue weighted by Crippen LogP contribution is 2.41. The van der Waals surface area contributed by atoms with Crippen LogP contribution in [0.2, 0.25) is 5.02 Å². The van der Waals surface area contributed by atoms with Crippen molar-refractivity contribution in [3.63, 3.8) is 0 Å². The van der Waals surface area contributed by atoms with Crippen LogP contribution in [0.1, 0.15) is 17.2 Å². The first kappa shape index (κ1) is 20.8. The number of rotatable bonds is 5. The van der Waals surface area contributed by atoms with Gasteiger partial charge in [-0.25, -0.2) is 4.39 Å². The molecule has 1 heterocycles. The zero-order valence-corrected chi connectivity index (χ0v) is 16.7. The Hall–Kier alpha value is -2.90. The van der Waals surface area contributed by atoms with Crippen molar-refractivity contribution < 1.29 is 24.2 Å². The molecular weight excluding hydrogens is 399 g/mol. The minimum atomic E-state index is -0.922. The van der Waals surface area contributed by atoms with E-state index >= 15 is 0 Å². The molecule has 2 aromatic rings. The molecule has 0 aromatic heterocycles. The zero-order valence-electron chi connectivity index (χ0n) is 15.9. The third-order valence-electron chi connectivity index (χ3n) is 4.73. The number of Topliss-reactive ketones (excluding diaryl/α,β-unsaturated/α-hetero) is 1. The predicted octanol–water partition coefficient (Wildman–Crippen LogP) is 3.17. The average molecular weight is 419 g/mol. The average Bonchev–Trinajstić information content (AvgIpc) is 2.93. The Kier molecular flexibility index (Phi) is 5.91. The maximum atomic E-state index is 13.4. The predicted molar refractivity (Wildman–Crippen MR) is 107 cm³/mol. The molecule has 6 nitrogen and oxygen atoms in total. The first-order valence-electron chi connectivity index (χ1n) is 8.88. The molecule has 0 spiro atoms. The second-order valence-corrected chi connectivity index (χ2v) is 7.45. The lowest BCUT2D eigenvalue weighted by atomic mass is 9.95. The van der Waals surface area contributed by atoms with Crippen LogP contribution in [0.5, 0.6) is 5.75 Å². The van der Waals surface area contributed by atoms with Crippen molar-refractivity contribution in [2.24, 2.45) is 0 Å². The van der Waals surface area contributed by atoms with Gasteiger partial charge < -0.3 is 20.0 Å². The van der Waals surface area contributed by atoms with E-state index in [4.69, 9.17) is 11.6 Å². The van der Waals surface area contributed by atoms with E-state index in [-0.39, 0.29) is 28.5 Å². The molecule has 1 aliphatic rings. The van der Waals surface area contributed by atoms with Crippen LogP contribution in [0.25, 0.3) is 5.76 Å². The quantitative estimate of drug-likeness (QED) is 0.443. The standard InChI is InChI=1S/C21H20ClFN2O4/c1-24(2)9-10-25-18(12-3-6-14(23)7-4-12)17(20(28)21(25)29)19(27)15-11-13(22)5-8-16(15)26/h3-8,11,18,26-27H,9-10H2,1-2H3/b19-17+. The van der Waals surface area contributed by atoms with Crippen molar-refractivity contribution >= 4 is 29.1 Å². The molecule has 2 aromatic carbocycles. The van der Waals surface area contributed by atoms with Crippen LogP contribution in [0.3, 0.4) is 0 Å². The van der Waals surface area contributed by atoms with Gasteiger partial charge in [-0.05, 0) is 50.0 Å². The fourth-order valence-corrected chi connectivity index (χ4v) is 3.43. The number of likely N-dealkylation sites (N-methyl/N-ethyl adjacent to an activating group) is 1. The van der Waals surface area contributed by atoms with Gasteiger partial charge in [0.05, 0.1) is 17.2 Å². The number of likely N-dealkylation sites (tertiary alicyclic amines) is 1. The molecule has 2 N–H and O–H groups in total. The third-order valence-corrected chi connectivity index (χ3v) is 4.96.